The van der Waals surface area contributed by atoms with Gasteiger partial charge in [0.15, 0.2) is 5.78 Å². The Morgan fingerprint density at radius 1 is 0.850 bits per heavy atom. The summed E-state index contributed by atoms with van der Waals surface area (Å²) in [5, 5.41) is 2.47. The first kappa shape index (κ1) is 30.2. The smallest absolute Gasteiger partial charge is 0.326 e. The number of anilines is 1. The summed E-state index contributed by atoms with van der Waals surface area (Å²) >= 11 is 24.6. The van der Waals surface area contributed by atoms with E-state index in [0.717, 1.165) is 18.2 Å². The Morgan fingerprint density at radius 3 is 2.17 bits per heavy atom. The summed E-state index contributed by atoms with van der Waals surface area (Å²) in [6, 6.07) is 11.0. The van der Waals surface area contributed by atoms with Crippen molar-refractivity contribution in [3.05, 3.63) is 98.5 Å². The third-order valence-electron chi connectivity index (χ3n) is 6.32. The van der Waals surface area contributed by atoms with Crippen LogP contribution in [-0.2, 0) is 22.4 Å². The standard InChI is InChI=1S/C27H16Cl4F5NO3/c28-17-4-3-15(37-25(40)24-23(26(24,30)31)13-2-6-20(33)18(29)9-13)11-16(17)21(38)8-12-1-5-19(32)14(7-12)10-22(39)27(34,35)36/h1-7,9,11,23-24H,8,10H2,(H,37,40)/t23-,24+/m0/s1. The predicted molar refractivity (Wildman–Crippen MR) is 141 cm³/mol. The fraction of sp³-hybridized carbons (Fsp3) is 0.222. The molecule has 1 aliphatic rings. The van der Waals surface area contributed by atoms with Gasteiger partial charge in [-0.25, -0.2) is 8.78 Å². The molecule has 40 heavy (non-hydrogen) atoms. The summed E-state index contributed by atoms with van der Waals surface area (Å²) < 4.78 is 63.9. The summed E-state index contributed by atoms with van der Waals surface area (Å²) in [6.45, 7) is 0. The molecule has 3 aromatic rings. The Morgan fingerprint density at radius 2 is 1.52 bits per heavy atom. The summed E-state index contributed by atoms with van der Waals surface area (Å²) in [6.07, 6.45) is -6.72. The molecule has 3 aromatic carbocycles. The van der Waals surface area contributed by atoms with Crippen LogP contribution in [0.5, 0.6) is 0 Å². The number of alkyl halides is 5. The maximum Gasteiger partial charge on any atom is 0.450 e. The molecule has 1 aliphatic carbocycles. The van der Waals surface area contributed by atoms with E-state index in [1.54, 1.807) is 0 Å². The molecule has 0 aliphatic heterocycles. The molecule has 1 fully saturated rings. The van der Waals surface area contributed by atoms with E-state index in [2.05, 4.69) is 5.32 Å². The van der Waals surface area contributed by atoms with Crippen LogP contribution in [-0.4, -0.2) is 28.0 Å². The summed E-state index contributed by atoms with van der Waals surface area (Å²) in [5.41, 5.74) is 0.235. The number of hydrogen-bond acceptors (Lipinski definition) is 3. The minimum absolute atomic E-state index is 0.0202. The maximum absolute atomic E-state index is 14.0. The maximum atomic E-state index is 14.0. The number of benzene rings is 3. The number of ketones is 2. The van der Waals surface area contributed by atoms with E-state index in [0.29, 0.717) is 5.56 Å². The molecule has 2 atom stereocenters. The van der Waals surface area contributed by atoms with E-state index in [-0.39, 0.29) is 33.3 Å². The highest BCUT2D eigenvalue weighted by molar-refractivity contribution is 6.53. The van der Waals surface area contributed by atoms with Gasteiger partial charge >= 0.3 is 6.18 Å². The molecule has 13 heteroatoms. The lowest BCUT2D eigenvalue weighted by Crippen LogP contribution is -2.25. The van der Waals surface area contributed by atoms with Gasteiger partial charge in [-0.15, -0.1) is 23.2 Å². The first-order chi connectivity index (χ1) is 18.6. The number of amides is 1. The molecule has 1 saturated carbocycles. The predicted octanol–water partition coefficient (Wildman–Crippen LogP) is 7.90. The molecule has 1 amide bonds. The lowest BCUT2D eigenvalue weighted by molar-refractivity contribution is -0.170. The van der Waals surface area contributed by atoms with Crippen LogP contribution in [0.15, 0.2) is 54.6 Å². The van der Waals surface area contributed by atoms with Crippen molar-refractivity contribution in [2.75, 3.05) is 5.32 Å². The van der Waals surface area contributed by atoms with Gasteiger partial charge in [-0.05, 0) is 53.1 Å². The van der Waals surface area contributed by atoms with Crippen LogP contribution in [0.25, 0.3) is 0 Å². The van der Waals surface area contributed by atoms with Gasteiger partial charge in [-0.2, -0.15) is 13.2 Å². The molecule has 0 aromatic heterocycles. The Labute approximate surface area is 244 Å². The third-order valence-corrected chi connectivity index (χ3v) is 7.87. The molecule has 210 valence electrons. The molecule has 4 rings (SSSR count). The number of carbonyl (C=O) groups is 3. The van der Waals surface area contributed by atoms with Gasteiger partial charge in [-0.1, -0.05) is 41.4 Å². The third kappa shape index (κ3) is 6.43. The largest absolute Gasteiger partial charge is 0.450 e. The molecule has 0 unspecified atom stereocenters. The lowest BCUT2D eigenvalue weighted by atomic mass is 9.98. The van der Waals surface area contributed by atoms with Crippen molar-refractivity contribution >= 4 is 69.6 Å². The fourth-order valence-electron chi connectivity index (χ4n) is 4.24. The van der Waals surface area contributed by atoms with Gasteiger partial charge in [0.2, 0.25) is 11.7 Å². The monoisotopic (exact) mass is 637 g/mol. The zero-order valence-electron chi connectivity index (χ0n) is 19.9. The SMILES string of the molecule is O=C(Cc1ccc(F)c(CC(=O)C(F)(F)F)c1)c1cc(NC(=O)[C@H]2[C@H](c3ccc(F)c(Cl)c3)C2(Cl)Cl)ccc1Cl. The molecular weight excluding hydrogens is 623 g/mol. The highest BCUT2D eigenvalue weighted by Gasteiger charge is 2.67. The minimum Gasteiger partial charge on any atom is -0.326 e. The number of halogens is 9. The van der Waals surface area contributed by atoms with Crippen molar-refractivity contribution in [1.82, 2.24) is 0 Å². The second-order valence-corrected chi connectivity index (χ2v) is 11.4. The Kier molecular flexibility index (Phi) is 8.53. The van der Waals surface area contributed by atoms with E-state index >= 15 is 0 Å². The van der Waals surface area contributed by atoms with Crippen LogP contribution < -0.4 is 5.32 Å². The molecule has 0 radical (unpaired) electrons. The highest BCUT2D eigenvalue weighted by Crippen LogP contribution is 2.65. The second-order valence-electron chi connectivity index (χ2n) is 9.11. The first-order valence-electron chi connectivity index (χ1n) is 11.4. The van der Waals surface area contributed by atoms with Gasteiger partial charge in [0, 0.05) is 30.0 Å². The molecule has 4 nitrogen and oxygen atoms in total. The van der Waals surface area contributed by atoms with Gasteiger partial charge in [0.1, 0.15) is 16.0 Å². The Balaban J connectivity index is 1.48. The fourth-order valence-corrected chi connectivity index (χ4v) is 5.48. The number of nitrogens with one attached hydrogen (secondary N) is 1. The molecule has 0 spiro atoms. The van der Waals surface area contributed by atoms with Crippen LogP contribution in [0, 0.1) is 17.6 Å². The second kappa shape index (κ2) is 11.3. The van der Waals surface area contributed by atoms with Crippen LogP contribution in [0.2, 0.25) is 10.0 Å². The van der Waals surface area contributed by atoms with Gasteiger partial charge in [0.25, 0.3) is 0 Å². The molecule has 0 heterocycles. The molecular formula is C27H16Cl4F5NO3. The number of hydrogen-bond donors (Lipinski definition) is 1. The molecule has 0 bridgehead atoms. The van der Waals surface area contributed by atoms with Crippen molar-refractivity contribution in [2.45, 2.75) is 29.3 Å². The van der Waals surface area contributed by atoms with Gasteiger partial charge in [-0.3, -0.25) is 14.4 Å². The van der Waals surface area contributed by atoms with Crippen molar-refractivity contribution < 1.29 is 36.3 Å². The van der Waals surface area contributed by atoms with E-state index in [1.165, 1.54) is 36.4 Å². The average Bonchev–Trinajstić information content (AvgIpc) is 3.45. The van der Waals surface area contributed by atoms with Crippen molar-refractivity contribution in [2.24, 2.45) is 5.92 Å². The minimum atomic E-state index is -5.13. The van der Waals surface area contributed by atoms with Crippen molar-refractivity contribution in [3.8, 4) is 0 Å². The van der Waals surface area contributed by atoms with Crippen LogP contribution in [0.1, 0.15) is 33.0 Å². The highest BCUT2D eigenvalue weighted by atomic mass is 35.5. The van der Waals surface area contributed by atoms with Crippen LogP contribution >= 0.6 is 46.4 Å². The van der Waals surface area contributed by atoms with Crippen LogP contribution in [0.4, 0.5) is 27.6 Å². The van der Waals surface area contributed by atoms with E-state index < -0.39 is 63.4 Å². The van der Waals surface area contributed by atoms with Crippen molar-refractivity contribution in [1.29, 1.82) is 0 Å². The van der Waals surface area contributed by atoms with Gasteiger partial charge in [0.05, 0.1) is 16.0 Å². The quantitative estimate of drug-likeness (QED) is 0.155. The molecule has 0 saturated heterocycles. The summed E-state index contributed by atoms with van der Waals surface area (Å²) in [7, 11) is 0. The summed E-state index contributed by atoms with van der Waals surface area (Å²) in [5.74, 6) is -6.58. The van der Waals surface area contributed by atoms with E-state index in [4.69, 9.17) is 46.4 Å². The Bertz CT molecular complexity index is 1530. The topological polar surface area (TPSA) is 63.2 Å². The lowest BCUT2D eigenvalue weighted by Gasteiger charge is -2.11. The summed E-state index contributed by atoms with van der Waals surface area (Å²) in [4.78, 5) is 37.2. The first-order valence-corrected chi connectivity index (χ1v) is 12.9. The van der Waals surface area contributed by atoms with Gasteiger partial charge < -0.3 is 5.32 Å². The average molecular weight is 639 g/mol. The zero-order valence-corrected chi connectivity index (χ0v) is 22.9. The van der Waals surface area contributed by atoms with Crippen molar-refractivity contribution in [3.63, 3.8) is 0 Å². The van der Waals surface area contributed by atoms with E-state index in [1.807, 2.05) is 0 Å². The zero-order chi connectivity index (χ0) is 29.6. The van der Waals surface area contributed by atoms with Crippen LogP contribution in [0.3, 0.4) is 0 Å². The normalized spacial score (nSPS) is 17.8. The molecule has 1 N–H and O–H groups in total. The number of Topliss-reactive ketones (excluding diaryl/α,β-unsaturated/α-hetero) is 2. The Hall–Kier alpha value is -2.72. The van der Waals surface area contributed by atoms with E-state index in [9.17, 15) is 36.3 Å². The number of carbonyl (C=O) groups excluding carboxylic acids is 3. The number of rotatable bonds is 8.